The Morgan fingerprint density at radius 3 is 2.52 bits per heavy atom. The molecule has 0 radical (unpaired) electrons. The molecular formula is C26H25FN2O4. The van der Waals surface area contributed by atoms with E-state index in [0.717, 1.165) is 22.6 Å². The van der Waals surface area contributed by atoms with Gasteiger partial charge in [0.05, 0.1) is 26.5 Å². The summed E-state index contributed by atoms with van der Waals surface area (Å²) in [6, 6.07) is 20.8. The Morgan fingerprint density at radius 1 is 1.03 bits per heavy atom. The number of nitrogens with zero attached hydrogens (tertiary/aromatic N) is 2. The van der Waals surface area contributed by atoms with Crippen LogP contribution >= 0.6 is 0 Å². The minimum Gasteiger partial charge on any atom is -0.497 e. The fourth-order valence-corrected chi connectivity index (χ4v) is 3.74. The number of benzene rings is 3. The molecule has 3 aromatic carbocycles. The monoisotopic (exact) mass is 448 g/mol. The van der Waals surface area contributed by atoms with Crippen molar-refractivity contribution in [3.8, 4) is 11.5 Å². The molecule has 7 heteroatoms. The van der Waals surface area contributed by atoms with Crippen molar-refractivity contribution in [2.24, 2.45) is 5.16 Å². The third kappa shape index (κ3) is 5.49. The average molecular weight is 448 g/mol. The Bertz CT molecular complexity index is 1150. The first kappa shape index (κ1) is 22.3. The zero-order valence-corrected chi connectivity index (χ0v) is 18.5. The smallest absolute Gasteiger partial charge is 0.254 e. The summed E-state index contributed by atoms with van der Waals surface area (Å²) in [5.74, 6) is 0.733. The molecule has 0 saturated carbocycles. The van der Waals surface area contributed by atoms with Crippen molar-refractivity contribution in [1.29, 1.82) is 0 Å². The van der Waals surface area contributed by atoms with Crippen LogP contribution in [0.3, 0.4) is 0 Å². The van der Waals surface area contributed by atoms with Gasteiger partial charge >= 0.3 is 0 Å². The van der Waals surface area contributed by atoms with Crippen molar-refractivity contribution in [2.75, 3.05) is 20.8 Å². The van der Waals surface area contributed by atoms with E-state index in [1.165, 1.54) is 18.2 Å². The maximum absolute atomic E-state index is 13.8. The van der Waals surface area contributed by atoms with Crippen LogP contribution in [0.1, 0.15) is 27.9 Å². The predicted octanol–water partition coefficient (Wildman–Crippen LogP) is 4.68. The molecule has 0 saturated heterocycles. The van der Waals surface area contributed by atoms with E-state index >= 15 is 0 Å². The lowest BCUT2D eigenvalue weighted by atomic mass is 10.0. The van der Waals surface area contributed by atoms with E-state index in [1.807, 2.05) is 48.5 Å². The van der Waals surface area contributed by atoms with Gasteiger partial charge in [-0.3, -0.25) is 4.79 Å². The van der Waals surface area contributed by atoms with E-state index in [1.54, 1.807) is 25.2 Å². The molecule has 0 fully saturated rings. The quantitative estimate of drug-likeness (QED) is 0.502. The molecule has 0 unspecified atom stereocenters. The fraction of sp³-hybridized carbons (Fsp3) is 0.231. The zero-order chi connectivity index (χ0) is 23.2. The molecule has 1 aliphatic heterocycles. The molecule has 1 atom stereocenters. The minimum absolute atomic E-state index is 0.279. The summed E-state index contributed by atoms with van der Waals surface area (Å²) in [5.41, 5.74) is 2.93. The number of halogens is 1. The molecule has 1 amide bonds. The van der Waals surface area contributed by atoms with E-state index in [4.69, 9.17) is 14.3 Å². The molecule has 170 valence electrons. The van der Waals surface area contributed by atoms with Crippen molar-refractivity contribution in [3.05, 3.63) is 95.3 Å². The molecule has 0 N–H and O–H groups in total. The first-order valence-electron chi connectivity index (χ1n) is 10.6. The van der Waals surface area contributed by atoms with Crippen molar-refractivity contribution in [2.45, 2.75) is 19.1 Å². The van der Waals surface area contributed by atoms with Gasteiger partial charge in [-0.05, 0) is 65.7 Å². The van der Waals surface area contributed by atoms with Crippen LogP contribution in [-0.4, -0.2) is 43.4 Å². The molecule has 0 aromatic heterocycles. The molecule has 6 nitrogen and oxygen atoms in total. The second-order valence-electron chi connectivity index (χ2n) is 7.75. The van der Waals surface area contributed by atoms with Crippen molar-refractivity contribution < 1.29 is 23.5 Å². The number of methoxy groups -OCH3 is 2. The van der Waals surface area contributed by atoms with Gasteiger partial charge < -0.3 is 19.2 Å². The second kappa shape index (κ2) is 10.2. The van der Waals surface area contributed by atoms with Crippen molar-refractivity contribution in [3.63, 3.8) is 0 Å². The molecule has 1 heterocycles. The summed E-state index contributed by atoms with van der Waals surface area (Å²) in [4.78, 5) is 20.6. The highest BCUT2D eigenvalue weighted by atomic mass is 19.1. The first-order chi connectivity index (χ1) is 16.1. The SMILES string of the molecule is COc1ccc(C2=NO[C@H](CN(Cc3cccc(OC)c3)C(=O)c3cccc(F)c3)C2)cc1. The number of amides is 1. The highest BCUT2D eigenvalue weighted by Crippen LogP contribution is 2.22. The van der Waals surface area contributed by atoms with Crippen LogP contribution in [-0.2, 0) is 11.4 Å². The van der Waals surface area contributed by atoms with Gasteiger partial charge in [0, 0.05) is 18.5 Å². The lowest BCUT2D eigenvalue weighted by Gasteiger charge is -2.25. The van der Waals surface area contributed by atoms with Crippen LogP contribution < -0.4 is 9.47 Å². The third-order valence-corrected chi connectivity index (χ3v) is 5.45. The lowest BCUT2D eigenvalue weighted by Crippen LogP contribution is -2.37. The topological polar surface area (TPSA) is 60.4 Å². The summed E-state index contributed by atoms with van der Waals surface area (Å²) in [6.45, 7) is 0.625. The number of rotatable bonds is 8. The van der Waals surface area contributed by atoms with Crippen LogP contribution in [0.4, 0.5) is 4.39 Å². The summed E-state index contributed by atoms with van der Waals surface area (Å²) < 4.78 is 24.3. The van der Waals surface area contributed by atoms with Crippen molar-refractivity contribution in [1.82, 2.24) is 4.90 Å². The average Bonchev–Trinajstić information content (AvgIpc) is 3.32. The molecule has 0 aliphatic carbocycles. The van der Waals surface area contributed by atoms with Crippen LogP contribution in [0.25, 0.3) is 0 Å². The third-order valence-electron chi connectivity index (χ3n) is 5.45. The Labute approximate surface area is 192 Å². The van der Waals surface area contributed by atoms with Gasteiger partial charge in [0.25, 0.3) is 5.91 Å². The van der Waals surface area contributed by atoms with Crippen LogP contribution in [0, 0.1) is 5.82 Å². The van der Waals surface area contributed by atoms with Crippen LogP contribution in [0.15, 0.2) is 78.0 Å². The molecule has 33 heavy (non-hydrogen) atoms. The highest BCUT2D eigenvalue weighted by Gasteiger charge is 2.27. The van der Waals surface area contributed by atoms with Crippen LogP contribution in [0.2, 0.25) is 0 Å². The summed E-state index contributed by atoms with van der Waals surface area (Å²) in [7, 11) is 3.22. The Balaban J connectivity index is 1.51. The molecule has 1 aliphatic rings. The maximum Gasteiger partial charge on any atom is 0.254 e. The number of hydrogen-bond acceptors (Lipinski definition) is 5. The second-order valence-corrected chi connectivity index (χ2v) is 7.75. The summed E-state index contributed by atoms with van der Waals surface area (Å²) >= 11 is 0. The first-order valence-corrected chi connectivity index (χ1v) is 10.6. The van der Waals surface area contributed by atoms with E-state index in [0.29, 0.717) is 25.3 Å². The van der Waals surface area contributed by atoms with Gasteiger partial charge in [0.2, 0.25) is 0 Å². The predicted molar refractivity (Wildman–Crippen MR) is 123 cm³/mol. The fourth-order valence-electron chi connectivity index (χ4n) is 3.74. The lowest BCUT2D eigenvalue weighted by molar-refractivity contribution is 0.0405. The zero-order valence-electron chi connectivity index (χ0n) is 18.5. The largest absolute Gasteiger partial charge is 0.497 e. The van der Waals surface area contributed by atoms with Crippen LogP contribution in [0.5, 0.6) is 11.5 Å². The standard InChI is InChI=1S/C26H25FN2O4/c1-31-22-11-9-19(10-12-22)25-15-24(33-28-25)17-29(16-18-5-3-8-23(13-18)32-2)26(30)20-6-4-7-21(27)14-20/h3-14,24H,15-17H2,1-2H3/t24-/m0/s1. The molecule has 4 rings (SSSR count). The molecule has 0 bridgehead atoms. The minimum atomic E-state index is -0.454. The summed E-state index contributed by atoms with van der Waals surface area (Å²) in [5, 5.41) is 4.23. The van der Waals surface area contributed by atoms with Crippen molar-refractivity contribution >= 4 is 11.6 Å². The normalized spacial score (nSPS) is 14.9. The number of carbonyl (C=O) groups excluding carboxylic acids is 1. The molecule has 3 aromatic rings. The van der Waals surface area contributed by atoms with Gasteiger partial charge in [-0.15, -0.1) is 0 Å². The highest BCUT2D eigenvalue weighted by molar-refractivity contribution is 6.01. The number of oxime groups is 1. The van der Waals surface area contributed by atoms with Gasteiger partial charge in [-0.2, -0.15) is 0 Å². The van der Waals surface area contributed by atoms with E-state index in [2.05, 4.69) is 5.16 Å². The van der Waals surface area contributed by atoms with Gasteiger partial charge in [-0.1, -0.05) is 23.4 Å². The van der Waals surface area contributed by atoms with Gasteiger partial charge in [0.1, 0.15) is 17.3 Å². The Hall–Kier alpha value is -3.87. The molecule has 0 spiro atoms. The van der Waals surface area contributed by atoms with E-state index in [-0.39, 0.29) is 17.6 Å². The van der Waals surface area contributed by atoms with E-state index < -0.39 is 5.82 Å². The number of ether oxygens (including phenoxy) is 2. The Kier molecular flexibility index (Phi) is 6.88. The van der Waals surface area contributed by atoms with Gasteiger partial charge in [0.15, 0.2) is 6.10 Å². The number of carbonyl (C=O) groups is 1. The maximum atomic E-state index is 13.8. The molecular weight excluding hydrogens is 423 g/mol. The van der Waals surface area contributed by atoms with Gasteiger partial charge in [-0.25, -0.2) is 4.39 Å². The Morgan fingerprint density at radius 2 is 1.79 bits per heavy atom. The number of hydrogen-bond donors (Lipinski definition) is 0. The summed E-state index contributed by atoms with van der Waals surface area (Å²) in [6.07, 6.45) is 0.238. The van der Waals surface area contributed by atoms with E-state index in [9.17, 15) is 9.18 Å².